The largest absolute Gasteiger partial charge is 0.443 e. The Bertz CT molecular complexity index is 727. The van der Waals surface area contributed by atoms with Gasteiger partial charge >= 0.3 is 6.09 Å². The molecular weight excluding hydrogens is 264 g/mol. The normalized spacial score (nSPS) is 12.2. The summed E-state index contributed by atoms with van der Waals surface area (Å²) in [7, 11) is 0. The predicted octanol–water partition coefficient (Wildman–Crippen LogP) is 4.23. The number of ether oxygens (including phenoxy) is 1. The molecule has 0 bridgehead atoms. The number of para-hydroxylation sites is 1. The monoisotopic (exact) mass is 284 g/mol. The Morgan fingerprint density at radius 3 is 2.38 bits per heavy atom. The maximum Gasteiger partial charge on any atom is 0.419 e. The smallest absolute Gasteiger partial charge is 0.419 e. The van der Waals surface area contributed by atoms with Crippen LogP contribution in [-0.2, 0) is 10.2 Å². The molecule has 1 aromatic carbocycles. The van der Waals surface area contributed by atoms with E-state index in [-0.39, 0.29) is 0 Å². The predicted molar refractivity (Wildman–Crippen MR) is 82.2 cm³/mol. The van der Waals surface area contributed by atoms with E-state index < -0.39 is 17.1 Å². The molecule has 0 aliphatic carbocycles. The average Bonchev–Trinajstić information content (AvgIpc) is 2.77. The van der Waals surface area contributed by atoms with Crippen LogP contribution in [0.4, 0.5) is 4.79 Å². The summed E-state index contributed by atoms with van der Waals surface area (Å²) >= 11 is 0. The molecule has 2 rings (SSSR count). The first-order valence-corrected chi connectivity index (χ1v) is 6.91. The van der Waals surface area contributed by atoms with E-state index >= 15 is 0 Å². The molecule has 21 heavy (non-hydrogen) atoms. The highest BCUT2D eigenvalue weighted by Crippen LogP contribution is 2.32. The SMILES string of the molecule is CC(C)(C)OC(=O)n1cc(C(C)(C)C#N)c2ccccc21. The number of carbonyl (C=O) groups is 1. The molecule has 110 valence electrons. The van der Waals surface area contributed by atoms with Gasteiger partial charge in [-0.2, -0.15) is 5.26 Å². The molecule has 1 aromatic heterocycles. The van der Waals surface area contributed by atoms with Crippen molar-refractivity contribution in [1.82, 2.24) is 4.57 Å². The Balaban J connectivity index is 2.62. The van der Waals surface area contributed by atoms with Crippen molar-refractivity contribution in [3.63, 3.8) is 0 Å². The zero-order valence-electron chi connectivity index (χ0n) is 13.1. The topological polar surface area (TPSA) is 55.0 Å². The van der Waals surface area contributed by atoms with Gasteiger partial charge in [0.25, 0.3) is 0 Å². The van der Waals surface area contributed by atoms with Gasteiger partial charge in [-0.05, 0) is 46.2 Å². The number of nitrogens with zero attached hydrogens (tertiary/aromatic N) is 2. The zero-order chi connectivity index (χ0) is 15.8. The molecule has 0 unspecified atom stereocenters. The third-order valence-corrected chi connectivity index (χ3v) is 3.26. The molecule has 0 aliphatic heterocycles. The van der Waals surface area contributed by atoms with Crippen LogP contribution in [0.1, 0.15) is 40.2 Å². The minimum Gasteiger partial charge on any atom is -0.443 e. The number of fused-ring (bicyclic) bond motifs is 1. The molecule has 0 amide bonds. The second-order valence-electron chi connectivity index (χ2n) is 6.65. The highest BCUT2D eigenvalue weighted by molar-refractivity contribution is 5.93. The van der Waals surface area contributed by atoms with Gasteiger partial charge in [-0.25, -0.2) is 4.79 Å². The van der Waals surface area contributed by atoms with Crippen LogP contribution in [0.15, 0.2) is 30.5 Å². The van der Waals surface area contributed by atoms with Crippen LogP contribution in [-0.4, -0.2) is 16.3 Å². The van der Waals surface area contributed by atoms with Crippen LogP contribution < -0.4 is 0 Å². The lowest BCUT2D eigenvalue weighted by atomic mass is 9.86. The van der Waals surface area contributed by atoms with E-state index in [1.54, 1.807) is 6.20 Å². The third-order valence-electron chi connectivity index (χ3n) is 3.26. The van der Waals surface area contributed by atoms with Gasteiger partial charge in [0.05, 0.1) is 17.0 Å². The van der Waals surface area contributed by atoms with Crippen molar-refractivity contribution in [3.05, 3.63) is 36.0 Å². The van der Waals surface area contributed by atoms with E-state index in [1.807, 2.05) is 58.9 Å². The molecular formula is C17H20N2O2. The average molecular weight is 284 g/mol. The summed E-state index contributed by atoms with van der Waals surface area (Å²) in [6.45, 7) is 9.17. The number of benzene rings is 1. The van der Waals surface area contributed by atoms with E-state index in [2.05, 4.69) is 6.07 Å². The van der Waals surface area contributed by atoms with Gasteiger partial charge in [0.1, 0.15) is 5.60 Å². The van der Waals surface area contributed by atoms with Crippen molar-refractivity contribution >= 4 is 17.0 Å². The fourth-order valence-electron chi connectivity index (χ4n) is 2.20. The van der Waals surface area contributed by atoms with Gasteiger partial charge in [-0.1, -0.05) is 18.2 Å². The molecule has 0 radical (unpaired) electrons. The number of hydrogen-bond donors (Lipinski definition) is 0. The van der Waals surface area contributed by atoms with E-state index in [0.29, 0.717) is 0 Å². The molecule has 0 fully saturated rings. The Hall–Kier alpha value is -2.28. The molecule has 1 heterocycles. The molecule has 0 N–H and O–H groups in total. The van der Waals surface area contributed by atoms with Crippen molar-refractivity contribution in [2.75, 3.05) is 0 Å². The van der Waals surface area contributed by atoms with Crippen LogP contribution in [0.5, 0.6) is 0 Å². The molecule has 4 nitrogen and oxygen atoms in total. The summed E-state index contributed by atoms with van der Waals surface area (Å²) in [5.74, 6) is 0. The van der Waals surface area contributed by atoms with Crippen molar-refractivity contribution in [3.8, 4) is 6.07 Å². The van der Waals surface area contributed by atoms with Crippen LogP contribution in [0.3, 0.4) is 0 Å². The van der Waals surface area contributed by atoms with Crippen LogP contribution in [0.2, 0.25) is 0 Å². The summed E-state index contributed by atoms with van der Waals surface area (Å²) in [4.78, 5) is 12.4. The van der Waals surface area contributed by atoms with E-state index in [9.17, 15) is 10.1 Å². The first-order valence-electron chi connectivity index (χ1n) is 6.91. The fourth-order valence-corrected chi connectivity index (χ4v) is 2.20. The standard InChI is InChI=1S/C17H20N2O2/c1-16(2,3)21-15(20)19-10-13(17(4,5)11-18)12-8-6-7-9-14(12)19/h6-10H,1-5H3. The maximum absolute atomic E-state index is 12.4. The quantitative estimate of drug-likeness (QED) is 0.787. The highest BCUT2D eigenvalue weighted by Gasteiger charge is 2.27. The summed E-state index contributed by atoms with van der Waals surface area (Å²) in [6.07, 6.45) is 1.28. The molecule has 4 heteroatoms. The number of rotatable bonds is 1. The Morgan fingerprint density at radius 2 is 1.81 bits per heavy atom. The molecule has 0 saturated carbocycles. The summed E-state index contributed by atoms with van der Waals surface area (Å²) in [5.41, 5.74) is 0.344. The van der Waals surface area contributed by atoms with E-state index in [4.69, 9.17) is 4.74 Å². The molecule has 0 spiro atoms. The fraction of sp³-hybridized carbons (Fsp3) is 0.412. The highest BCUT2D eigenvalue weighted by atomic mass is 16.6. The minimum absolute atomic E-state index is 0.432. The number of aromatic nitrogens is 1. The lowest BCUT2D eigenvalue weighted by Crippen LogP contribution is -2.26. The first-order chi connectivity index (χ1) is 9.65. The molecule has 0 atom stereocenters. The minimum atomic E-state index is -0.674. The third kappa shape index (κ3) is 2.92. The van der Waals surface area contributed by atoms with Crippen LogP contribution in [0.25, 0.3) is 10.9 Å². The Kier molecular flexibility index (Phi) is 3.54. The van der Waals surface area contributed by atoms with Crippen molar-refractivity contribution < 1.29 is 9.53 Å². The van der Waals surface area contributed by atoms with Gasteiger partial charge in [0.2, 0.25) is 0 Å². The lowest BCUT2D eigenvalue weighted by molar-refractivity contribution is 0.0544. The second kappa shape index (κ2) is 4.92. The molecule has 0 saturated heterocycles. The number of hydrogen-bond acceptors (Lipinski definition) is 3. The van der Waals surface area contributed by atoms with Crippen molar-refractivity contribution in [1.29, 1.82) is 5.26 Å². The van der Waals surface area contributed by atoms with Crippen LogP contribution in [0, 0.1) is 11.3 Å². The van der Waals surface area contributed by atoms with E-state index in [1.165, 1.54) is 4.57 Å². The van der Waals surface area contributed by atoms with E-state index in [0.717, 1.165) is 16.5 Å². The summed E-state index contributed by atoms with van der Waals surface area (Å²) in [5, 5.41) is 10.3. The first kappa shape index (κ1) is 15.1. The number of carbonyl (C=O) groups excluding carboxylic acids is 1. The lowest BCUT2D eigenvalue weighted by Gasteiger charge is -2.19. The van der Waals surface area contributed by atoms with Crippen LogP contribution >= 0.6 is 0 Å². The molecule has 0 aliphatic rings. The maximum atomic E-state index is 12.4. The van der Waals surface area contributed by atoms with Gasteiger partial charge in [-0.15, -0.1) is 0 Å². The van der Waals surface area contributed by atoms with Gasteiger partial charge < -0.3 is 4.74 Å². The van der Waals surface area contributed by atoms with Crippen molar-refractivity contribution in [2.45, 2.75) is 45.6 Å². The van der Waals surface area contributed by atoms with Crippen molar-refractivity contribution in [2.24, 2.45) is 0 Å². The molecule has 2 aromatic rings. The summed E-state index contributed by atoms with van der Waals surface area (Å²) < 4.78 is 6.91. The van der Waals surface area contributed by atoms with Gasteiger partial charge in [-0.3, -0.25) is 4.57 Å². The number of nitriles is 1. The summed E-state index contributed by atoms with van der Waals surface area (Å²) in [6, 6.07) is 9.83. The zero-order valence-corrected chi connectivity index (χ0v) is 13.1. The second-order valence-corrected chi connectivity index (χ2v) is 6.65. The van der Waals surface area contributed by atoms with Gasteiger partial charge in [0.15, 0.2) is 0 Å². The van der Waals surface area contributed by atoms with Gasteiger partial charge in [0, 0.05) is 11.6 Å². The Morgan fingerprint density at radius 1 is 1.19 bits per heavy atom. The Labute approximate surface area is 124 Å².